The third-order valence-corrected chi connectivity index (χ3v) is 9.65. The molecule has 0 aliphatic carbocycles. The molecule has 0 spiro atoms. The van der Waals surface area contributed by atoms with Gasteiger partial charge in [-0.3, -0.25) is 15.1 Å². The predicted octanol–water partition coefficient (Wildman–Crippen LogP) is 4.39. The van der Waals surface area contributed by atoms with Crippen LogP contribution in [0.5, 0.6) is 17.2 Å². The van der Waals surface area contributed by atoms with Gasteiger partial charge in [-0.1, -0.05) is 53.5 Å². The number of halogens is 2. The summed E-state index contributed by atoms with van der Waals surface area (Å²) in [6.07, 6.45) is 3.54. The van der Waals surface area contributed by atoms with E-state index < -0.39 is 43.5 Å². The molecule has 3 aromatic carbocycles. The monoisotopic (exact) mass is 782 g/mol. The molecule has 0 amide bonds. The minimum absolute atomic E-state index is 0.00536. The van der Waals surface area contributed by atoms with Crippen LogP contribution in [0.15, 0.2) is 67.0 Å². The van der Waals surface area contributed by atoms with E-state index in [4.69, 9.17) is 37.4 Å². The molecule has 1 atom stereocenters. The summed E-state index contributed by atoms with van der Waals surface area (Å²) in [5.41, 5.74) is 2.11. The number of nitrogens with zero attached hydrogens (tertiary/aromatic N) is 2. The van der Waals surface area contributed by atoms with Gasteiger partial charge in [0.2, 0.25) is 0 Å². The molecular weight excluding hydrogens is 739 g/mol. The number of carboxylic acid groups (broad SMARTS) is 1. The normalized spacial score (nSPS) is 12.5. The SMILES string of the molecule is Cc1c(COc2cc(OCc3cncc(C#N)c3)c(CN[C@](C)(CO)C(=O)O)cc2Cl)cccc1-c1cccc(OCCCNC(CO)(CO)CO)c1Cl. The molecule has 0 saturated heterocycles. The Morgan fingerprint density at radius 1 is 0.852 bits per heavy atom. The summed E-state index contributed by atoms with van der Waals surface area (Å²) in [5, 5.41) is 63.6. The molecule has 1 heterocycles. The van der Waals surface area contributed by atoms with Crippen molar-refractivity contribution in [3.8, 4) is 34.4 Å². The zero-order valence-electron chi connectivity index (χ0n) is 29.9. The minimum atomic E-state index is -1.62. The molecule has 4 aromatic rings. The zero-order chi connectivity index (χ0) is 39.3. The van der Waals surface area contributed by atoms with E-state index >= 15 is 0 Å². The maximum Gasteiger partial charge on any atom is 0.326 e. The first kappa shape index (κ1) is 42.3. The van der Waals surface area contributed by atoms with Gasteiger partial charge in [0.05, 0.1) is 54.2 Å². The van der Waals surface area contributed by atoms with Gasteiger partial charge in [-0.25, -0.2) is 0 Å². The molecule has 15 heteroatoms. The largest absolute Gasteiger partial charge is 0.492 e. The standard InChI is InChI=1S/C39H44Cl2N4O9/c1-25-28(6-3-7-30(25)31-8-4-9-33(36(31)41)52-11-5-10-44-39(22-47,23-48)24-49)20-54-35-14-34(53-19-27-12-26(15-42)16-43-17-27)29(13-32(35)40)18-45-38(2,21-46)37(50)51/h3-4,6-9,12-14,16-17,44-49H,5,10-11,18-24H2,1-2H3,(H,50,51)/t38-/m1/s1. The molecule has 0 radical (unpaired) electrons. The third-order valence-electron chi connectivity index (χ3n) is 8.96. The van der Waals surface area contributed by atoms with Gasteiger partial charge < -0.3 is 45.1 Å². The molecule has 0 aliphatic heterocycles. The molecule has 54 heavy (non-hydrogen) atoms. The van der Waals surface area contributed by atoms with Gasteiger partial charge in [0.15, 0.2) is 0 Å². The second-order valence-corrected chi connectivity index (χ2v) is 13.7. The van der Waals surface area contributed by atoms with Crippen LogP contribution < -0.4 is 24.8 Å². The molecule has 4 rings (SSSR count). The average Bonchev–Trinajstić information content (AvgIpc) is 3.18. The summed E-state index contributed by atoms with van der Waals surface area (Å²) in [6.45, 7) is 2.29. The summed E-state index contributed by atoms with van der Waals surface area (Å²) in [5.74, 6) is -0.0905. The lowest BCUT2D eigenvalue weighted by molar-refractivity contribution is -0.145. The van der Waals surface area contributed by atoms with E-state index in [2.05, 4.69) is 15.6 Å². The topological polar surface area (TPSA) is 207 Å². The van der Waals surface area contributed by atoms with Crippen LogP contribution in [-0.2, 0) is 24.6 Å². The Morgan fingerprint density at radius 2 is 1.56 bits per heavy atom. The fourth-order valence-electron chi connectivity index (χ4n) is 5.28. The second kappa shape index (κ2) is 19.7. The van der Waals surface area contributed by atoms with Crippen molar-refractivity contribution in [1.29, 1.82) is 5.26 Å². The Balaban J connectivity index is 1.52. The number of aliphatic hydroxyl groups excluding tert-OH is 4. The number of aromatic nitrogens is 1. The number of carbonyl (C=O) groups is 1. The van der Waals surface area contributed by atoms with Gasteiger partial charge in [-0.15, -0.1) is 0 Å². The van der Waals surface area contributed by atoms with Gasteiger partial charge in [-0.2, -0.15) is 5.26 Å². The van der Waals surface area contributed by atoms with Crippen molar-refractivity contribution in [2.45, 2.75) is 51.1 Å². The summed E-state index contributed by atoms with van der Waals surface area (Å²) in [6, 6.07) is 18.2. The first-order chi connectivity index (χ1) is 25.9. The van der Waals surface area contributed by atoms with Gasteiger partial charge in [0.25, 0.3) is 0 Å². The van der Waals surface area contributed by atoms with Crippen LogP contribution in [0, 0.1) is 18.3 Å². The van der Waals surface area contributed by atoms with Crippen LogP contribution >= 0.6 is 23.2 Å². The summed E-state index contributed by atoms with van der Waals surface area (Å²) in [7, 11) is 0. The number of aliphatic hydroxyl groups is 4. The number of rotatable bonds is 21. The van der Waals surface area contributed by atoms with E-state index in [1.54, 1.807) is 30.5 Å². The van der Waals surface area contributed by atoms with E-state index in [1.165, 1.54) is 13.1 Å². The lowest BCUT2D eigenvalue weighted by Gasteiger charge is -2.28. The highest BCUT2D eigenvalue weighted by Gasteiger charge is 2.32. The minimum Gasteiger partial charge on any atom is -0.492 e. The van der Waals surface area contributed by atoms with Gasteiger partial charge in [-0.05, 0) is 61.7 Å². The number of aliphatic carboxylic acids is 1. The lowest BCUT2D eigenvalue weighted by Crippen LogP contribution is -2.55. The molecule has 0 aliphatic rings. The van der Waals surface area contributed by atoms with Gasteiger partial charge in [0, 0.05) is 41.7 Å². The van der Waals surface area contributed by atoms with Crippen molar-refractivity contribution >= 4 is 29.2 Å². The molecule has 288 valence electrons. The highest BCUT2D eigenvalue weighted by atomic mass is 35.5. The number of nitriles is 1. The Hall–Kier alpha value is -4.49. The highest BCUT2D eigenvalue weighted by molar-refractivity contribution is 6.35. The molecule has 7 N–H and O–H groups in total. The van der Waals surface area contributed by atoms with Crippen molar-refractivity contribution in [3.63, 3.8) is 0 Å². The summed E-state index contributed by atoms with van der Waals surface area (Å²) in [4.78, 5) is 15.9. The smallest absolute Gasteiger partial charge is 0.326 e. The first-order valence-electron chi connectivity index (χ1n) is 17.0. The summed E-state index contributed by atoms with van der Waals surface area (Å²) < 4.78 is 18.3. The van der Waals surface area contributed by atoms with E-state index in [0.717, 1.165) is 22.3 Å². The van der Waals surface area contributed by atoms with Crippen LogP contribution in [0.3, 0.4) is 0 Å². The highest BCUT2D eigenvalue weighted by Crippen LogP contribution is 2.39. The maximum atomic E-state index is 11.8. The molecule has 0 unspecified atom stereocenters. The Morgan fingerprint density at radius 3 is 2.24 bits per heavy atom. The Bertz CT molecular complexity index is 1930. The number of ether oxygens (including phenoxy) is 3. The summed E-state index contributed by atoms with van der Waals surface area (Å²) >= 11 is 13.5. The van der Waals surface area contributed by atoms with Crippen LogP contribution in [0.1, 0.15) is 41.2 Å². The van der Waals surface area contributed by atoms with Crippen molar-refractivity contribution in [2.24, 2.45) is 0 Å². The predicted molar refractivity (Wildman–Crippen MR) is 203 cm³/mol. The van der Waals surface area contributed by atoms with E-state index in [1.807, 2.05) is 43.3 Å². The van der Waals surface area contributed by atoms with Crippen LogP contribution in [0.25, 0.3) is 11.1 Å². The van der Waals surface area contributed by atoms with Crippen molar-refractivity contribution in [1.82, 2.24) is 15.6 Å². The van der Waals surface area contributed by atoms with Gasteiger partial charge in [0.1, 0.15) is 42.1 Å². The molecule has 0 bridgehead atoms. The fraction of sp³-hybridized carbons (Fsp3) is 0.359. The maximum absolute atomic E-state index is 11.8. The third kappa shape index (κ3) is 10.6. The zero-order valence-corrected chi connectivity index (χ0v) is 31.5. The molecule has 0 saturated carbocycles. The molecular formula is C39H44Cl2N4O9. The molecule has 13 nitrogen and oxygen atoms in total. The average molecular weight is 784 g/mol. The van der Waals surface area contributed by atoms with Crippen LogP contribution in [0.2, 0.25) is 10.0 Å². The number of hydrogen-bond donors (Lipinski definition) is 7. The van der Waals surface area contributed by atoms with Crippen LogP contribution in [-0.4, -0.2) is 87.1 Å². The number of nitrogens with one attached hydrogen (secondary N) is 2. The van der Waals surface area contributed by atoms with Crippen molar-refractivity contribution < 1.29 is 44.5 Å². The van der Waals surface area contributed by atoms with Crippen molar-refractivity contribution in [3.05, 3.63) is 105 Å². The van der Waals surface area contributed by atoms with Crippen LogP contribution in [0.4, 0.5) is 0 Å². The first-order valence-corrected chi connectivity index (χ1v) is 17.8. The van der Waals surface area contributed by atoms with Gasteiger partial charge >= 0.3 is 5.97 Å². The second-order valence-electron chi connectivity index (χ2n) is 12.9. The molecule has 0 fully saturated rings. The Kier molecular flexibility index (Phi) is 15.4. The van der Waals surface area contributed by atoms with E-state index in [-0.39, 0.29) is 24.8 Å². The van der Waals surface area contributed by atoms with E-state index in [0.29, 0.717) is 58.5 Å². The Labute approximate surface area is 323 Å². The number of hydrogen-bond acceptors (Lipinski definition) is 12. The number of pyridine rings is 1. The molecule has 1 aromatic heterocycles. The lowest BCUT2D eigenvalue weighted by atomic mass is 9.96. The fourth-order valence-corrected chi connectivity index (χ4v) is 5.80. The number of benzene rings is 3. The quantitative estimate of drug-likeness (QED) is 0.0587. The number of carboxylic acids is 1. The van der Waals surface area contributed by atoms with E-state index in [9.17, 15) is 35.6 Å². The van der Waals surface area contributed by atoms with Crippen molar-refractivity contribution in [2.75, 3.05) is 39.6 Å².